The third-order valence-corrected chi connectivity index (χ3v) is 3.74. The van der Waals surface area contributed by atoms with E-state index in [1.165, 1.54) is 12.8 Å². The van der Waals surface area contributed by atoms with Crippen LogP contribution in [-0.2, 0) is 0 Å². The number of hydrogen-bond donors (Lipinski definition) is 3. The van der Waals surface area contributed by atoms with Gasteiger partial charge < -0.3 is 16.4 Å². The third-order valence-electron chi connectivity index (χ3n) is 3.74. The second kappa shape index (κ2) is 4.39. The van der Waals surface area contributed by atoms with Crippen LogP contribution >= 0.6 is 0 Å². The molecule has 1 saturated carbocycles. The number of nitrogens with zero attached hydrogens (tertiary/aromatic N) is 2. The van der Waals surface area contributed by atoms with Gasteiger partial charge in [0.1, 0.15) is 11.6 Å². The van der Waals surface area contributed by atoms with Crippen molar-refractivity contribution in [2.45, 2.75) is 26.7 Å². The molecule has 0 amide bonds. The molecule has 0 unspecified atom stereocenters. The summed E-state index contributed by atoms with van der Waals surface area (Å²) in [6, 6.07) is 1.88. The number of hydrogen-bond acceptors (Lipinski definition) is 5. The lowest BCUT2D eigenvalue weighted by Gasteiger charge is -2.20. The second-order valence-corrected chi connectivity index (χ2v) is 5.12. The fourth-order valence-electron chi connectivity index (χ4n) is 2.07. The molecule has 0 saturated heterocycles. The van der Waals surface area contributed by atoms with Crippen molar-refractivity contribution in [1.82, 2.24) is 9.97 Å². The quantitative estimate of drug-likeness (QED) is 0.727. The van der Waals surface area contributed by atoms with E-state index in [0.29, 0.717) is 17.3 Å². The van der Waals surface area contributed by atoms with E-state index < -0.39 is 0 Å². The second-order valence-electron chi connectivity index (χ2n) is 5.12. The maximum absolute atomic E-state index is 5.65. The lowest BCUT2D eigenvalue weighted by Crippen LogP contribution is -2.21. The summed E-state index contributed by atoms with van der Waals surface area (Å²) in [5.41, 5.74) is 6.11. The van der Waals surface area contributed by atoms with Crippen LogP contribution in [0.25, 0.3) is 0 Å². The first-order valence-corrected chi connectivity index (χ1v) is 6.12. The summed E-state index contributed by atoms with van der Waals surface area (Å²) in [5, 5.41) is 6.35. The molecule has 1 aromatic rings. The fourth-order valence-corrected chi connectivity index (χ4v) is 2.07. The molecule has 1 aromatic heterocycles. The van der Waals surface area contributed by atoms with Crippen LogP contribution in [0.5, 0.6) is 0 Å². The zero-order valence-corrected chi connectivity index (χ0v) is 10.7. The molecule has 5 nitrogen and oxygen atoms in total. The molecule has 0 aliphatic heterocycles. The van der Waals surface area contributed by atoms with Crippen molar-refractivity contribution in [2.24, 2.45) is 11.3 Å². The largest absolute Gasteiger partial charge is 0.373 e. The average molecular weight is 235 g/mol. The molecule has 1 heterocycles. The van der Waals surface area contributed by atoms with Gasteiger partial charge in [0.25, 0.3) is 0 Å². The summed E-state index contributed by atoms with van der Waals surface area (Å²) in [6.07, 6.45) is 2.61. The third kappa shape index (κ3) is 2.60. The normalized spacial score (nSPS) is 16.9. The molecule has 1 aliphatic carbocycles. The minimum atomic E-state index is 0.300. The van der Waals surface area contributed by atoms with E-state index in [2.05, 4.69) is 34.4 Å². The van der Waals surface area contributed by atoms with Gasteiger partial charge in [-0.1, -0.05) is 13.8 Å². The molecule has 0 aromatic carbocycles. The van der Waals surface area contributed by atoms with Gasteiger partial charge in [-0.25, -0.2) is 0 Å². The summed E-state index contributed by atoms with van der Waals surface area (Å²) >= 11 is 0. The lowest BCUT2D eigenvalue weighted by atomic mass is 9.92. The molecule has 0 bridgehead atoms. The molecular formula is C12H21N5. The van der Waals surface area contributed by atoms with Crippen molar-refractivity contribution < 1.29 is 0 Å². The molecule has 1 aliphatic rings. The van der Waals surface area contributed by atoms with Gasteiger partial charge in [0, 0.05) is 19.7 Å². The number of rotatable bonds is 5. The molecule has 4 N–H and O–H groups in total. The molecule has 0 spiro atoms. The van der Waals surface area contributed by atoms with Crippen LogP contribution in [0.2, 0.25) is 0 Å². The van der Waals surface area contributed by atoms with Gasteiger partial charge in [-0.05, 0) is 24.2 Å². The van der Waals surface area contributed by atoms with Gasteiger partial charge in [0.2, 0.25) is 5.95 Å². The molecular weight excluding hydrogens is 214 g/mol. The van der Waals surface area contributed by atoms with E-state index in [9.17, 15) is 0 Å². The molecule has 5 heteroatoms. The molecule has 1 fully saturated rings. The highest BCUT2D eigenvalue weighted by Gasteiger charge is 2.44. The topological polar surface area (TPSA) is 75.9 Å². The van der Waals surface area contributed by atoms with Gasteiger partial charge in [0.15, 0.2) is 0 Å². The Kier molecular flexibility index (Phi) is 3.09. The van der Waals surface area contributed by atoms with Crippen LogP contribution in [0.4, 0.5) is 17.6 Å². The molecule has 2 rings (SSSR count). The Balaban J connectivity index is 2.02. The van der Waals surface area contributed by atoms with Crippen molar-refractivity contribution in [3.63, 3.8) is 0 Å². The molecule has 0 atom stereocenters. The van der Waals surface area contributed by atoms with E-state index in [4.69, 9.17) is 5.73 Å². The van der Waals surface area contributed by atoms with E-state index >= 15 is 0 Å². The number of anilines is 3. The number of nitrogen functional groups attached to an aromatic ring is 1. The fraction of sp³-hybridized carbons (Fsp3) is 0.667. The zero-order chi connectivity index (χ0) is 12.5. The number of aromatic nitrogens is 2. The Hall–Kier alpha value is -1.52. The minimum Gasteiger partial charge on any atom is -0.373 e. The minimum absolute atomic E-state index is 0.300. The van der Waals surface area contributed by atoms with E-state index in [1.54, 1.807) is 0 Å². The van der Waals surface area contributed by atoms with Gasteiger partial charge in [-0.3, -0.25) is 0 Å². The van der Waals surface area contributed by atoms with Crippen molar-refractivity contribution in [3.05, 3.63) is 6.07 Å². The Morgan fingerprint density at radius 2 is 2.00 bits per heavy atom. The Morgan fingerprint density at radius 3 is 2.53 bits per heavy atom. The maximum atomic E-state index is 5.65. The molecule has 94 valence electrons. The maximum Gasteiger partial charge on any atom is 0.223 e. The van der Waals surface area contributed by atoms with E-state index in [-0.39, 0.29) is 0 Å². The van der Waals surface area contributed by atoms with Crippen LogP contribution in [0.3, 0.4) is 0 Å². The summed E-state index contributed by atoms with van der Waals surface area (Å²) in [4.78, 5) is 8.25. The summed E-state index contributed by atoms with van der Waals surface area (Å²) < 4.78 is 0. The van der Waals surface area contributed by atoms with Crippen LogP contribution in [0, 0.1) is 11.3 Å². The Morgan fingerprint density at radius 1 is 1.35 bits per heavy atom. The molecule has 17 heavy (non-hydrogen) atoms. The van der Waals surface area contributed by atoms with Gasteiger partial charge in [-0.2, -0.15) is 9.97 Å². The van der Waals surface area contributed by atoms with Crippen LogP contribution in [-0.4, -0.2) is 23.6 Å². The smallest absolute Gasteiger partial charge is 0.223 e. The van der Waals surface area contributed by atoms with Crippen molar-refractivity contribution in [3.8, 4) is 0 Å². The highest BCUT2D eigenvalue weighted by Crippen LogP contribution is 2.51. The SMILES string of the molecule is CNc1cc(NCC2(C(C)C)CC2)nc(N)n1. The lowest BCUT2D eigenvalue weighted by molar-refractivity contribution is 0.380. The summed E-state index contributed by atoms with van der Waals surface area (Å²) in [7, 11) is 1.82. The Bertz CT molecular complexity index is 398. The van der Waals surface area contributed by atoms with Crippen molar-refractivity contribution in [2.75, 3.05) is 30.0 Å². The van der Waals surface area contributed by atoms with Crippen LogP contribution < -0.4 is 16.4 Å². The standard InChI is InChI=1S/C12H21N5/c1-8(2)12(4-5-12)7-15-10-6-9(14-3)16-11(13)17-10/h6,8H,4-5,7H2,1-3H3,(H4,13,14,15,16,17). The monoisotopic (exact) mass is 235 g/mol. The predicted octanol–water partition coefficient (Wildman–Crippen LogP) is 1.95. The van der Waals surface area contributed by atoms with E-state index in [1.807, 2.05) is 13.1 Å². The average Bonchev–Trinajstić information content (AvgIpc) is 3.06. The Labute approximate surface area is 102 Å². The van der Waals surface area contributed by atoms with Crippen LogP contribution in [0.1, 0.15) is 26.7 Å². The van der Waals surface area contributed by atoms with Crippen LogP contribution in [0.15, 0.2) is 6.07 Å². The number of nitrogens with one attached hydrogen (secondary N) is 2. The predicted molar refractivity (Wildman–Crippen MR) is 71.0 cm³/mol. The van der Waals surface area contributed by atoms with Gasteiger partial charge in [0.05, 0.1) is 0 Å². The summed E-state index contributed by atoms with van der Waals surface area (Å²) in [6.45, 7) is 5.52. The van der Waals surface area contributed by atoms with Crippen molar-refractivity contribution in [1.29, 1.82) is 0 Å². The first-order valence-electron chi connectivity index (χ1n) is 6.12. The first kappa shape index (κ1) is 12.0. The highest BCUT2D eigenvalue weighted by atomic mass is 15.1. The molecule has 0 radical (unpaired) electrons. The number of nitrogens with two attached hydrogens (primary N) is 1. The van der Waals surface area contributed by atoms with E-state index in [0.717, 1.165) is 18.2 Å². The highest BCUT2D eigenvalue weighted by molar-refractivity contribution is 5.50. The zero-order valence-electron chi connectivity index (χ0n) is 10.7. The van der Waals surface area contributed by atoms with Gasteiger partial charge >= 0.3 is 0 Å². The first-order chi connectivity index (χ1) is 8.05. The van der Waals surface area contributed by atoms with Gasteiger partial charge in [-0.15, -0.1) is 0 Å². The van der Waals surface area contributed by atoms with Crippen molar-refractivity contribution >= 4 is 17.6 Å². The summed E-state index contributed by atoms with van der Waals surface area (Å²) in [5.74, 6) is 2.55.